The minimum absolute atomic E-state index is 0.0264. The summed E-state index contributed by atoms with van der Waals surface area (Å²) in [6.07, 6.45) is 0. The van der Waals surface area contributed by atoms with Gasteiger partial charge in [0, 0.05) is 10.5 Å². The molecule has 134 valence electrons. The molecule has 11 heteroatoms. The third-order valence-corrected chi connectivity index (χ3v) is 4.10. The van der Waals surface area contributed by atoms with Crippen molar-refractivity contribution in [2.24, 2.45) is 0 Å². The fraction of sp³-hybridized carbons (Fsp3) is 0.286. The molecule has 0 saturated carbocycles. The van der Waals surface area contributed by atoms with E-state index in [-0.39, 0.29) is 45.8 Å². The molecule has 0 aromatic heterocycles. The summed E-state index contributed by atoms with van der Waals surface area (Å²) in [5.41, 5.74) is -0.0351. The zero-order valence-electron chi connectivity index (χ0n) is 13.3. The fourth-order valence-electron chi connectivity index (χ4n) is 2.29. The first-order chi connectivity index (χ1) is 11.8. The standard InChI is InChI=1S/C14H14BCl2NO7/c1-23-13(19)7-5-25-6-18(12(7)14(20)24-2)11-3-8(15(21)22)9(16)4-10(11)17/h3-4,21-22H,5-6H2,1-2H3. The van der Waals surface area contributed by atoms with Crippen molar-refractivity contribution >= 4 is 53.4 Å². The number of esters is 2. The molecule has 0 spiro atoms. The number of carbonyl (C=O) groups excluding carboxylic acids is 2. The van der Waals surface area contributed by atoms with Crippen LogP contribution in [0.15, 0.2) is 23.4 Å². The first-order valence-electron chi connectivity index (χ1n) is 6.92. The van der Waals surface area contributed by atoms with Crippen LogP contribution in [0.25, 0.3) is 0 Å². The molecule has 0 amide bonds. The first-order valence-corrected chi connectivity index (χ1v) is 7.67. The van der Waals surface area contributed by atoms with Crippen molar-refractivity contribution in [1.82, 2.24) is 0 Å². The third kappa shape index (κ3) is 3.91. The lowest BCUT2D eigenvalue weighted by molar-refractivity contribution is -0.140. The Morgan fingerprint density at radius 3 is 2.36 bits per heavy atom. The van der Waals surface area contributed by atoms with Gasteiger partial charge in [-0.25, -0.2) is 9.59 Å². The number of nitrogens with zero attached hydrogens (tertiary/aromatic N) is 1. The second-order valence-corrected chi connectivity index (χ2v) is 5.73. The average molecular weight is 390 g/mol. The second-order valence-electron chi connectivity index (χ2n) is 4.91. The summed E-state index contributed by atoms with van der Waals surface area (Å²) in [5, 5.41) is 19.0. The van der Waals surface area contributed by atoms with Crippen LogP contribution >= 0.6 is 23.2 Å². The van der Waals surface area contributed by atoms with Gasteiger partial charge < -0.3 is 29.2 Å². The highest BCUT2D eigenvalue weighted by atomic mass is 35.5. The molecule has 1 aromatic rings. The molecular formula is C14H14BCl2NO7. The van der Waals surface area contributed by atoms with E-state index in [4.69, 9.17) is 32.7 Å². The predicted molar refractivity (Wildman–Crippen MR) is 90.6 cm³/mol. The summed E-state index contributed by atoms with van der Waals surface area (Å²) in [4.78, 5) is 25.5. The number of benzene rings is 1. The summed E-state index contributed by atoms with van der Waals surface area (Å²) in [5.74, 6) is -1.57. The van der Waals surface area contributed by atoms with E-state index in [1.165, 1.54) is 24.1 Å². The molecule has 0 aliphatic carbocycles. The Labute approximate surface area is 153 Å². The van der Waals surface area contributed by atoms with Crippen molar-refractivity contribution in [3.8, 4) is 0 Å². The summed E-state index contributed by atoms with van der Waals surface area (Å²) in [6, 6.07) is 2.57. The monoisotopic (exact) mass is 389 g/mol. The Morgan fingerprint density at radius 1 is 1.16 bits per heavy atom. The van der Waals surface area contributed by atoms with Gasteiger partial charge in [-0.1, -0.05) is 23.2 Å². The van der Waals surface area contributed by atoms with Crippen molar-refractivity contribution in [2.45, 2.75) is 0 Å². The van der Waals surface area contributed by atoms with Crippen LogP contribution in [0.5, 0.6) is 0 Å². The van der Waals surface area contributed by atoms with Crippen molar-refractivity contribution in [3.63, 3.8) is 0 Å². The van der Waals surface area contributed by atoms with Crippen LogP contribution in [0.3, 0.4) is 0 Å². The number of carbonyl (C=O) groups is 2. The highest BCUT2D eigenvalue weighted by Gasteiger charge is 2.34. The number of halogens is 2. The maximum absolute atomic E-state index is 12.2. The van der Waals surface area contributed by atoms with Crippen LogP contribution < -0.4 is 10.4 Å². The smallest absolute Gasteiger partial charge is 0.466 e. The number of hydrogen-bond acceptors (Lipinski definition) is 8. The predicted octanol–water partition coefficient (Wildman–Crippen LogP) is 0.0674. The largest absolute Gasteiger partial charge is 0.490 e. The Bertz CT molecular complexity index is 738. The van der Waals surface area contributed by atoms with Gasteiger partial charge in [0.15, 0.2) is 0 Å². The van der Waals surface area contributed by atoms with Gasteiger partial charge in [-0.2, -0.15) is 0 Å². The third-order valence-electron chi connectivity index (χ3n) is 3.47. The van der Waals surface area contributed by atoms with Crippen LogP contribution in [-0.2, 0) is 23.8 Å². The van der Waals surface area contributed by atoms with Gasteiger partial charge in [0.05, 0.1) is 37.1 Å². The lowest BCUT2D eigenvalue weighted by Gasteiger charge is -2.32. The molecule has 0 unspecified atom stereocenters. The van der Waals surface area contributed by atoms with Crippen LogP contribution in [0, 0.1) is 0 Å². The number of anilines is 1. The highest BCUT2D eigenvalue weighted by molar-refractivity contribution is 6.63. The molecular weight excluding hydrogens is 376 g/mol. The zero-order valence-corrected chi connectivity index (χ0v) is 14.8. The van der Waals surface area contributed by atoms with E-state index < -0.39 is 19.1 Å². The molecule has 1 aliphatic heterocycles. The SMILES string of the molecule is COC(=O)C1=C(C(=O)OC)N(c2cc(B(O)O)c(Cl)cc2Cl)COC1. The van der Waals surface area contributed by atoms with Gasteiger partial charge in [0.2, 0.25) is 0 Å². The molecule has 2 rings (SSSR count). The Balaban J connectivity index is 2.65. The molecule has 2 N–H and O–H groups in total. The molecule has 25 heavy (non-hydrogen) atoms. The van der Waals surface area contributed by atoms with Gasteiger partial charge >= 0.3 is 19.1 Å². The molecule has 0 saturated heterocycles. The molecule has 8 nitrogen and oxygen atoms in total. The Hall–Kier alpha value is -1.78. The number of hydrogen-bond donors (Lipinski definition) is 2. The molecule has 0 fully saturated rings. The number of methoxy groups -OCH3 is 2. The van der Waals surface area contributed by atoms with Crippen LogP contribution in [0.1, 0.15) is 0 Å². The first kappa shape index (κ1) is 19.5. The number of rotatable bonds is 4. The van der Waals surface area contributed by atoms with Gasteiger partial charge in [-0.05, 0) is 12.1 Å². The molecule has 0 bridgehead atoms. The van der Waals surface area contributed by atoms with Crippen molar-refractivity contribution in [3.05, 3.63) is 33.4 Å². The normalized spacial score (nSPS) is 14.4. The summed E-state index contributed by atoms with van der Waals surface area (Å²) >= 11 is 12.1. The van der Waals surface area contributed by atoms with E-state index in [0.717, 1.165) is 7.11 Å². The highest BCUT2D eigenvalue weighted by Crippen LogP contribution is 2.33. The summed E-state index contributed by atoms with van der Waals surface area (Å²) in [6.45, 7) is -0.290. The Kier molecular flexibility index (Phi) is 6.31. The maximum Gasteiger partial charge on any atom is 0.490 e. The molecule has 1 aromatic carbocycles. The van der Waals surface area contributed by atoms with E-state index in [2.05, 4.69) is 4.74 Å². The molecule has 0 atom stereocenters. The molecule has 0 radical (unpaired) electrons. The lowest BCUT2D eigenvalue weighted by Crippen LogP contribution is -2.40. The van der Waals surface area contributed by atoms with Gasteiger partial charge in [-0.3, -0.25) is 0 Å². The lowest BCUT2D eigenvalue weighted by atomic mass is 9.80. The molecule has 1 heterocycles. The van der Waals surface area contributed by atoms with Crippen molar-refractivity contribution in [1.29, 1.82) is 0 Å². The van der Waals surface area contributed by atoms with E-state index in [1.807, 2.05) is 0 Å². The second kappa shape index (κ2) is 8.07. The van der Waals surface area contributed by atoms with E-state index in [1.54, 1.807) is 0 Å². The van der Waals surface area contributed by atoms with Crippen molar-refractivity contribution < 1.29 is 33.8 Å². The summed E-state index contributed by atoms with van der Waals surface area (Å²) < 4.78 is 14.7. The van der Waals surface area contributed by atoms with Crippen molar-refractivity contribution in [2.75, 3.05) is 32.5 Å². The average Bonchev–Trinajstić information content (AvgIpc) is 2.59. The van der Waals surface area contributed by atoms with E-state index >= 15 is 0 Å². The number of ether oxygens (including phenoxy) is 3. The van der Waals surface area contributed by atoms with Gasteiger partial charge in [-0.15, -0.1) is 0 Å². The minimum atomic E-state index is -1.86. The van der Waals surface area contributed by atoms with E-state index in [0.29, 0.717) is 0 Å². The fourth-order valence-corrected chi connectivity index (χ4v) is 2.87. The van der Waals surface area contributed by atoms with Crippen LogP contribution in [-0.4, -0.2) is 56.7 Å². The van der Waals surface area contributed by atoms with E-state index in [9.17, 15) is 19.6 Å². The minimum Gasteiger partial charge on any atom is -0.466 e. The Morgan fingerprint density at radius 2 is 1.80 bits per heavy atom. The molecule has 1 aliphatic rings. The summed E-state index contributed by atoms with van der Waals surface area (Å²) in [7, 11) is 0.461. The zero-order chi connectivity index (χ0) is 18.7. The van der Waals surface area contributed by atoms with Crippen LogP contribution in [0.2, 0.25) is 10.0 Å². The van der Waals surface area contributed by atoms with Gasteiger partial charge in [0.25, 0.3) is 0 Å². The maximum atomic E-state index is 12.2. The van der Waals surface area contributed by atoms with Crippen LogP contribution in [0.4, 0.5) is 5.69 Å². The topological polar surface area (TPSA) is 106 Å². The van der Waals surface area contributed by atoms with Gasteiger partial charge in [0.1, 0.15) is 12.4 Å². The quantitative estimate of drug-likeness (QED) is 0.550.